The van der Waals surface area contributed by atoms with Crippen LogP contribution in [-0.4, -0.2) is 0 Å². The summed E-state index contributed by atoms with van der Waals surface area (Å²) in [5, 5.41) is -1.48. The van der Waals surface area contributed by atoms with E-state index in [9.17, 15) is 8.78 Å². The predicted molar refractivity (Wildman–Crippen MR) is 48.6 cm³/mol. The van der Waals surface area contributed by atoms with Crippen molar-refractivity contribution in [3.05, 3.63) is 26.7 Å². The van der Waals surface area contributed by atoms with Crippen LogP contribution in [0.4, 0.5) is 8.78 Å². The third kappa shape index (κ3) is 1.51. The van der Waals surface area contributed by atoms with Gasteiger partial charge in [0, 0.05) is 4.90 Å². The summed E-state index contributed by atoms with van der Waals surface area (Å²) in [4.78, 5) is -0.155. The molecule has 0 aliphatic carbocycles. The van der Waals surface area contributed by atoms with Crippen LogP contribution >= 0.6 is 47.4 Å². The lowest BCUT2D eigenvalue weighted by Crippen LogP contribution is -1.89. The summed E-state index contributed by atoms with van der Waals surface area (Å²) in [5.41, 5.74) is 0. The van der Waals surface area contributed by atoms with Crippen LogP contribution < -0.4 is 0 Å². The molecular weight excluding hydrogens is 248 g/mol. The van der Waals surface area contributed by atoms with Crippen LogP contribution in [0.2, 0.25) is 15.1 Å². The Kier molecular flexibility index (Phi) is 3.10. The van der Waals surface area contributed by atoms with Gasteiger partial charge in [0.25, 0.3) is 0 Å². The molecule has 0 aliphatic rings. The number of thiol groups is 1. The maximum absolute atomic E-state index is 12.8. The Morgan fingerprint density at radius 2 is 1.17 bits per heavy atom. The second kappa shape index (κ2) is 3.58. The van der Waals surface area contributed by atoms with E-state index in [2.05, 4.69) is 12.6 Å². The van der Waals surface area contributed by atoms with Crippen LogP contribution in [0.3, 0.4) is 0 Å². The molecule has 0 radical (unpaired) electrons. The summed E-state index contributed by atoms with van der Waals surface area (Å²) in [7, 11) is 0. The fraction of sp³-hybridized carbons (Fsp3) is 0. The van der Waals surface area contributed by atoms with Gasteiger partial charge in [-0.3, -0.25) is 0 Å². The van der Waals surface area contributed by atoms with Gasteiger partial charge in [0.05, 0.1) is 10.0 Å². The zero-order valence-corrected chi connectivity index (χ0v) is 8.50. The molecule has 0 heterocycles. The number of rotatable bonds is 0. The number of hydrogen-bond acceptors (Lipinski definition) is 1. The lowest BCUT2D eigenvalue weighted by molar-refractivity contribution is 0.579. The Morgan fingerprint density at radius 1 is 0.833 bits per heavy atom. The van der Waals surface area contributed by atoms with E-state index in [1.54, 1.807) is 0 Å². The van der Waals surface area contributed by atoms with E-state index < -0.39 is 16.7 Å². The molecule has 0 aromatic heterocycles. The van der Waals surface area contributed by atoms with E-state index in [1.807, 2.05) is 0 Å². The highest BCUT2D eigenvalue weighted by Gasteiger charge is 2.19. The zero-order valence-electron chi connectivity index (χ0n) is 5.34. The maximum Gasteiger partial charge on any atom is 0.164 e. The number of benzene rings is 1. The van der Waals surface area contributed by atoms with E-state index in [0.717, 1.165) is 0 Å². The Hall–Kier alpha value is 0.300. The molecule has 1 aromatic rings. The lowest BCUT2D eigenvalue weighted by Gasteiger charge is -2.04. The molecule has 0 N–H and O–H groups in total. The van der Waals surface area contributed by atoms with Gasteiger partial charge in [0.2, 0.25) is 0 Å². The SMILES string of the molecule is Fc1c(Cl)c(F)c(Cl)c(S)c1Cl. The molecule has 0 saturated heterocycles. The maximum atomic E-state index is 12.8. The highest BCUT2D eigenvalue weighted by Crippen LogP contribution is 2.37. The van der Waals surface area contributed by atoms with E-state index in [4.69, 9.17) is 34.8 Å². The third-order valence-corrected chi connectivity index (χ3v) is 2.94. The van der Waals surface area contributed by atoms with Gasteiger partial charge in [-0.1, -0.05) is 34.8 Å². The largest absolute Gasteiger partial charge is 0.204 e. The molecular formula is C6HCl3F2S. The van der Waals surface area contributed by atoms with Crippen LogP contribution in [0.15, 0.2) is 4.90 Å². The van der Waals surface area contributed by atoms with E-state index in [0.29, 0.717) is 0 Å². The summed E-state index contributed by atoms with van der Waals surface area (Å²) in [5.74, 6) is -2.10. The topological polar surface area (TPSA) is 0 Å². The van der Waals surface area contributed by atoms with Crippen molar-refractivity contribution in [1.82, 2.24) is 0 Å². The third-order valence-electron chi connectivity index (χ3n) is 1.19. The van der Waals surface area contributed by atoms with Gasteiger partial charge in [-0.25, -0.2) is 8.78 Å². The minimum atomic E-state index is -1.05. The van der Waals surface area contributed by atoms with Crippen molar-refractivity contribution in [2.75, 3.05) is 0 Å². The van der Waals surface area contributed by atoms with Gasteiger partial charge in [-0.05, 0) is 0 Å². The summed E-state index contributed by atoms with van der Waals surface area (Å²) in [6.45, 7) is 0. The molecule has 0 nitrogen and oxygen atoms in total. The van der Waals surface area contributed by atoms with Crippen LogP contribution in [0.1, 0.15) is 0 Å². The molecule has 0 bridgehead atoms. The summed E-state index contributed by atoms with van der Waals surface area (Å²) in [6.07, 6.45) is 0. The second-order valence-corrected chi connectivity index (χ2v) is 3.50. The van der Waals surface area contributed by atoms with Gasteiger partial charge in [-0.15, -0.1) is 12.6 Å². The molecule has 0 saturated carbocycles. The Morgan fingerprint density at radius 3 is 1.50 bits per heavy atom. The highest BCUT2D eigenvalue weighted by atomic mass is 35.5. The molecule has 0 aliphatic heterocycles. The van der Waals surface area contributed by atoms with Gasteiger partial charge >= 0.3 is 0 Å². The fourth-order valence-corrected chi connectivity index (χ4v) is 1.50. The first-order chi connectivity index (χ1) is 5.46. The van der Waals surface area contributed by atoms with Crippen molar-refractivity contribution >= 4 is 47.4 Å². The average molecular weight is 249 g/mol. The Balaban J connectivity index is 3.60. The molecule has 1 aromatic carbocycles. The fourth-order valence-electron chi connectivity index (χ4n) is 0.593. The smallest absolute Gasteiger partial charge is 0.164 e. The number of halogens is 5. The minimum Gasteiger partial charge on any atom is -0.204 e. The summed E-state index contributed by atoms with van der Waals surface area (Å²) in [6, 6.07) is 0. The van der Waals surface area contributed by atoms with Gasteiger partial charge in [0.15, 0.2) is 11.6 Å². The van der Waals surface area contributed by atoms with Crippen molar-refractivity contribution in [1.29, 1.82) is 0 Å². The van der Waals surface area contributed by atoms with Crippen LogP contribution in [0.25, 0.3) is 0 Å². The monoisotopic (exact) mass is 248 g/mol. The predicted octanol–water partition coefficient (Wildman–Crippen LogP) is 4.21. The molecule has 1 rings (SSSR count). The van der Waals surface area contributed by atoms with E-state index in [1.165, 1.54) is 0 Å². The van der Waals surface area contributed by atoms with Crippen molar-refractivity contribution in [3.63, 3.8) is 0 Å². The quantitative estimate of drug-likeness (QED) is 0.397. The Labute approximate surface area is 87.8 Å². The van der Waals surface area contributed by atoms with Crippen LogP contribution in [0.5, 0.6) is 0 Å². The van der Waals surface area contributed by atoms with Crippen molar-refractivity contribution < 1.29 is 8.78 Å². The average Bonchev–Trinajstić information content (AvgIpc) is 2.08. The van der Waals surface area contributed by atoms with Crippen LogP contribution in [-0.2, 0) is 0 Å². The van der Waals surface area contributed by atoms with Gasteiger partial charge in [0.1, 0.15) is 5.02 Å². The minimum absolute atomic E-state index is 0.155. The molecule has 0 fully saturated rings. The first kappa shape index (κ1) is 10.4. The van der Waals surface area contributed by atoms with Gasteiger partial charge in [-0.2, -0.15) is 0 Å². The molecule has 0 unspecified atom stereocenters. The molecule has 66 valence electrons. The normalized spacial score (nSPS) is 10.5. The molecule has 0 spiro atoms. The van der Waals surface area contributed by atoms with Gasteiger partial charge < -0.3 is 0 Å². The molecule has 0 atom stereocenters. The van der Waals surface area contributed by atoms with Crippen molar-refractivity contribution in [3.8, 4) is 0 Å². The van der Waals surface area contributed by atoms with E-state index >= 15 is 0 Å². The number of hydrogen-bond donors (Lipinski definition) is 1. The molecule has 12 heavy (non-hydrogen) atoms. The first-order valence-electron chi connectivity index (χ1n) is 2.67. The van der Waals surface area contributed by atoms with Crippen LogP contribution in [0, 0.1) is 11.6 Å². The first-order valence-corrected chi connectivity index (χ1v) is 4.25. The standard InChI is InChI=1S/C6HCl3F2S/c7-1-4(10)2(8)6(12)3(9)5(1)11/h12H. The van der Waals surface area contributed by atoms with Crippen molar-refractivity contribution in [2.45, 2.75) is 4.90 Å². The Bertz CT molecular complexity index is 235. The summed E-state index contributed by atoms with van der Waals surface area (Å²) >= 11 is 19.6. The summed E-state index contributed by atoms with van der Waals surface area (Å²) < 4.78 is 25.6. The second-order valence-electron chi connectivity index (χ2n) is 1.92. The van der Waals surface area contributed by atoms with Crippen molar-refractivity contribution in [2.24, 2.45) is 0 Å². The lowest BCUT2D eigenvalue weighted by atomic mass is 10.3. The van der Waals surface area contributed by atoms with E-state index in [-0.39, 0.29) is 14.9 Å². The molecule has 0 amide bonds. The zero-order chi connectivity index (χ0) is 9.46. The molecule has 6 heteroatoms. The highest BCUT2D eigenvalue weighted by molar-refractivity contribution is 7.80.